The lowest BCUT2D eigenvalue weighted by Crippen LogP contribution is -2.34. The summed E-state index contributed by atoms with van der Waals surface area (Å²) in [5, 5.41) is 0.905. The molecule has 1 heterocycles. The minimum absolute atomic E-state index is 0.794. The van der Waals surface area contributed by atoms with Crippen molar-refractivity contribution in [3.63, 3.8) is 0 Å². The van der Waals surface area contributed by atoms with Crippen LogP contribution < -0.4 is 5.73 Å². The van der Waals surface area contributed by atoms with Crippen molar-refractivity contribution in [3.05, 3.63) is 29.3 Å². The van der Waals surface area contributed by atoms with Gasteiger partial charge in [0.25, 0.3) is 0 Å². The molecule has 0 bridgehead atoms. The Morgan fingerprint density at radius 2 is 1.83 bits per heavy atom. The molecule has 3 heteroatoms. The van der Waals surface area contributed by atoms with Gasteiger partial charge in [0, 0.05) is 30.1 Å². The van der Waals surface area contributed by atoms with E-state index in [2.05, 4.69) is 23.3 Å². The zero-order valence-corrected chi connectivity index (χ0v) is 11.9. The monoisotopic (exact) mass is 262 g/mol. The van der Waals surface area contributed by atoms with Gasteiger partial charge in [-0.1, -0.05) is 6.07 Å². The first-order valence-electron chi connectivity index (χ1n) is 6.90. The van der Waals surface area contributed by atoms with Crippen molar-refractivity contribution in [1.29, 1.82) is 0 Å². The molecular weight excluding hydrogens is 240 g/mol. The Bertz CT molecular complexity index is 425. The minimum Gasteiger partial charge on any atom is -0.399 e. The van der Waals surface area contributed by atoms with Crippen LogP contribution in [0.2, 0.25) is 0 Å². The molecule has 18 heavy (non-hydrogen) atoms. The van der Waals surface area contributed by atoms with Gasteiger partial charge < -0.3 is 5.73 Å². The van der Waals surface area contributed by atoms with Crippen molar-refractivity contribution in [2.45, 2.75) is 50.1 Å². The summed E-state index contributed by atoms with van der Waals surface area (Å²) < 4.78 is 0. The predicted molar refractivity (Wildman–Crippen MR) is 79.7 cm³/mol. The smallest absolute Gasteiger partial charge is 0.0317 e. The van der Waals surface area contributed by atoms with Gasteiger partial charge in [-0.05, 0) is 55.2 Å². The van der Waals surface area contributed by atoms with Crippen LogP contribution in [0, 0.1) is 0 Å². The standard InChI is InChI=1S/C15H22N2S/c1-18-15-6-4-14(5-7-15)17-9-11-2-3-13(16)8-12(11)10-17/h2-3,8,14-15H,4-7,9-10,16H2,1H3. The summed E-state index contributed by atoms with van der Waals surface area (Å²) in [6.07, 6.45) is 7.77. The van der Waals surface area contributed by atoms with Crippen LogP contribution >= 0.6 is 11.8 Å². The topological polar surface area (TPSA) is 29.3 Å². The SMILES string of the molecule is CSC1CCC(N2Cc3ccc(N)cc3C2)CC1. The highest BCUT2D eigenvalue weighted by atomic mass is 32.2. The van der Waals surface area contributed by atoms with E-state index in [1.165, 1.54) is 36.8 Å². The van der Waals surface area contributed by atoms with E-state index in [0.29, 0.717) is 0 Å². The minimum atomic E-state index is 0.794. The van der Waals surface area contributed by atoms with Crippen molar-refractivity contribution in [3.8, 4) is 0 Å². The molecule has 0 unspecified atom stereocenters. The van der Waals surface area contributed by atoms with Gasteiger partial charge in [0.1, 0.15) is 0 Å². The second kappa shape index (κ2) is 5.14. The first-order chi connectivity index (χ1) is 8.76. The summed E-state index contributed by atoms with van der Waals surface area (Å²) in [6.45, 7) is 2.24. The molecule has 1 fully saturated rings. The summed E-state index contributed by atoms with van der Waals surface area (Å²) in [6, 6.07) is 7.19. The van der Waals surface area contributed by atoms with E-state index in [-0.39, 0.29) is 0 Å². The van der Waals surface area contributed by atoms with Crippen molar-refractivity contribution in [1.82, 2.24) is 4.90 Å². The number of thioether (sulfide) groups is 1. The highest BCUT2D eigenvalue weighted by Gasteiger charge is 2.29. The summed E-state index contributed by atoms with van der Waals surface area (Å²) in [5.74, 6) is 0. The number of benzene rings is 1. The van der Waals surface area contributed by atoms with E-state index in [1.54, 1.807) is 0 Å². The molecule has 1 aliphatic carbocycles. The van der Waals surface area contributed by atoms with Crippen molar-refractivity contribution in [2.24, 2.45) is 0 Å². The van der Waals surface area contributed by atoms with E-state index in [4.69, 9.17) is 5.73 Å². The molecule has 1 aromatic carbocycles. The number of anilines is 1. The summed E-state index contributed by atoms with van der Waals surface area (Å²) in [7, 11) is 0. The van der Waals surface area contributed by atoms with Gasteiger partial charge in [-0.3, -0.25) is 4.90 Å². The number of fused-ring (bicyclic) bond motifs is 1. The highest BCUT2D eigenvalue weighted by Crippen LogP contribution is 2.34. The van der Waals surface area contributed by atoms with Crippen LogP contribution in [0.25, 0.3) is 0 Å². The van der Waals surface area contributed by atoms with Crippen molar-refractivity contribution < 1.29 is 0 Å². The molecule has 1 aromatic rings. The molecule has 2 N–H and O–H groups in total. The Kier molecular flexibility index (Phi) is 3.53. The Morgan fingerprint density at radius 3 is 2.56 bits per heavy atom. The van der Waals surface area contributed by atoms with Gasteiger partial charge in [-0.2, -0.15) is 11.8 Å². The van der Waals surface area contributed by atoms with Crippen LogP contribution in [-0.4, -0.2) is 22.4 Å². The quantitative estimate of drug-likeness (QED) is 0.830. The molecule has 0 saturated heterocycles. The Hall–Kier alpha value is -0.670. The molecule has 3 rings (SSSR count). The molecule has 2 nitrogen and oxygen atoms in total. The Balaban J connectivity index is 1.64. The zero-order chi connectivity index (χ0) is 12.5. The van der Waals surface area contributed by atoms with Crippen LogP contribution in [-0.2, 0) is 13.1 Å². The fourth-order valence-corrected chi connectivity index (χ4v) is 4.09. The first kappa shape index (κ1) is 12.4. The maximum Gasteiger partial charge on any atom is 0.0317 e. The number of rotatable bonds is 2. The molecule has 1 saturated carbocycles. The van der Waals surface area contributed by atoms with Gasteiger partial charge in [0.15, 0.2) is 0 Å². The van der Waals surface area contributed by atoms with Crippen LogP contribution in [0.5, 0.6) is 0 Å². The molecule has 0 aromatic heterocycles. The summed E-state index contributed by atoms with van der Waals surface area (Å²) in [5.41, 5.74) is 9.70. The van der Waals surface area contributed by atoms with Gasteiger partial charge in [-0.15, -0.1) is 0 Å². The maximum atomic E-state index is 5.87. The van der Waals surface area contributed by atoms with Crippen LogP contribution in [0.4, 0.5) is 5.69 Å². The molecular formula is C15H22N2S. The molecule has 0 amide bonds. The van der Waals surface area contributed by atoms with E-state index < -0.39 is 0 Å². The average molecular weight is 262 g/mol. The normalized spacial score (nSPS) is 28.3. The second-order valence-corrected chi connectivity index (χ2v) is 6.74. The Labute approximate surface area is 114 Å². The lowest BCUT2D eigenvalue weighted by atomic mass is 9.94. The van der Waals surface area contributed by atoms with Crippen LogP contribution in [0.3, 0.4) is 0 Å². The fraction of sp³-hybridized carbons (Fsp3) is 0.600. The third-order valence-corrected chi connectivity index (χ3v) is 5.61. The lowest BCUT2D eigenvalue weighted by molar-refractivity contribution is 0.158. The fourth-order valence-electron chi connectivity index (χ4n) is 3.35. The lowest BCUT2D eigenvalue weighted by Gasteiger charge is -2.33. The zero-order valence-electron chi connectivity index (χ0n) is 11.1. The second-order valence-electron chi connectivity index (χ2n) is 5.60. The Morgan fingerprint density at radius 1 is 1.11 bits per heavy atom. The molecule has 0 spiro atoms. The molecule has 0 radical (unpaired) electrons. The van der Waals surface area contributed by atoms with E-state index in [1.807, 2.05) is 17.8 Å². The third-order valence-electron chi connectivity index (χ3n) is 4.47. The third kappa shape index (κ3) is 2.39. The van der Waals surface area contributed by atoms with E-state index in [0.717, 1.165) is 30.1 Å². The van der Waals surface area contributed by atoms with Gasteiger partial charge in [-0.25, -0.2) is 0 Å². The van der Waals surface area contributed by atoms with Crippen molar-refractivity contribution in [2.75, 3.05) is 12.0 Å². The molecule has 1 aliphatic heterocycles. The molecule has 0 atom stereocenters. The summed E-state index contributed by atoms with van der Waals surface area (Å²) >= 11 is 2.04. The van der Waals surface area contributed by atoms with Gasteiger partial charge in [0.2, 0.25) is 0 Å². The number of nitrogen functional groups attached to an aromatic ring is 1. The maximum absolute atomic E-state index is 5.87. The van der Waals surface area contributed by atoms with Crippen LogP contribution in [0.1, 0.15) is 36.8 Å². The van der Waals surface area contributed by atoms with Gasteiger partial charge >= 0.3 is 0 Å². The predicted octanol–water partition coefficient (Wildman–Crippen LogP) is 3.26. The van der Waals surface area contributed by atoms with Gasteiger partial charge in [0.05, 0.1) is 0 Å². The number of nitrogens with two attached hydrogens (primary N) is 1. The number of hydrogen-bond donors (Lipinski definition) is 1. The highest BCUT2D eigenvalue weighted by molar-refractivity contribution is 7.99. The number of hydrogen-bond acceptors (Lipinski definition) is 3. The van der Waals surface area contributed by atoms with Crippen LogP contribution in [0.15, 0.2) is 18.2 Å². The summed E-state index contributed by atoms with van der Waals surface area (Å²) in [4.78, 5) is 2.65. The molecule has 2 aliphatic rings. The first-order valence-corrected chi connectivity index (χ1v) is 8.19. The van der Waals surface area contributed by atoms with Crippen molar-refractivity contribution >= 4 is 17.4 Å². The van der Waals surface area contributed by atoms with E-state index in [9.17, 15) is 0 Å². The average Bonchev–Trinajstić information content (AvgIpc) is 2.81. The largest absolute Gasteiger partial charge is 0.399 e. The molecule has 98 valence electrons. The number of nitrogens with zero attached hydrogens (tertiary/aromatic N) is 1. The van der Waals surface area contributed by atoms with E-state index >= 15 is 0 Å².